The van der Waals surface area contributed by atoms with Gasteiger partial charge in [-0.15, -0.1) is 0 Å². The third-order valence-corrected chi connectivity index (χ3v) is 4.73. The van der Waals surface area contributed by atoms with Crippen LogP contribution >= 0.6 is 0 Å². The molecule has 0 radical (unpaired) electrons. The minimum atomic E-state index is -1.35. The van der Waals surface area contributed by atoms with Crippen LogP contribution in [0, 0.1) is 5.92 Å². The van der Waals surface area contributed by atoms with Crippen molar-refractivity contribution in [3.8, 4) is 0 Å². The van der Waals surface area contributed by atoms with Crippen LogP contribution in [0.3, 0.4) is 0 Å². The third kappa shape index (κ3) is 6.82. The predicted molar refractivity (Wildman–Crippen MR) is 95.7 cm³/mol. The van der Waals surface area contributed by atoms with Crippen LogP contribution in [0.1, 0.15) is 52.9 Å². The number of unbranched alkanes of at least 4 members (excludes halogenated alkanes) is 1. The van der Waals surface area contributed by atoms with Crippen molar-refractivity contribution in [3.05, 3.63) is 0 Å². The Kier molecular flexibility index (Phi) is 9.20. The number of carbonyl (C=O) groups excluding carboxylic acids is 4. The molecule has 1 rings (SSSR count). The first kappa shape index (κ1) is 22.9. The van der Waals surface area contributed by atoms with E-state index in [2.05, 4.69) is 16.4 Å². The second-order valence-corrected chi connectivity index (χ2v) is 7.34. The van der Waals surface area contributed by atoms with E-state index in [1.165, 1.54) is 11.8 Å². The summed E-state index contributed by atoms with van der Waals surface area (Å²) in [6.07, 6.45) is 3.17. The minimum Gasteiger partial charge on any atom is -0.548 e. The zero-order valence-corrected chi connectivity index (χ0v) is 16.5. The fraction of sp³-hybridized carbons (Fsp3) is 0.778. The standard InChI is InChI=1S/C18H32N4O5/c1-11(2)15(18(26)27)21-16(24)14-8-6-10-22(14)17(25)13(20-12(3)23)7-4-5-9-19/h11,13-15H,4-10,19H2,1-3H3,(H,20,23)(H,21,24)(H,26,27)/t13-,14-,15+/m0/s1. The Morgan fingerprint density at radius 2 is 1.85 bits per heavy atom. The van der Waals surface area contributed by atoms with Crippen molar-refractivity contribution in [1.29, 1.82) is 0 Å². The number of quaternary nitrogens is 1. The summed E-state index contributed by atoms with van der Waals surface area (Å²) >= 11 is 0. The number of rotatable bonds is 10. The van der Waals surface area contributed by atoms with E-state index < -0.39 is 30.0 Å². The Morgan fingerprint density at radius 3 is 2.37 bits per heavy atom. The van der Waals surface area contributed by atoms with Crippen molar-refractivity contribution in [3.63, 3.8) is 0 Å². The van der Waals surface area contributed by atoms with Gasteiger partial charge in [0.05, 0.1) is 18.6 Å². The number of likely N-dealkylation sites (tertiary alicyclic amines) is 1. The number of hydrogen-bond donors (Lipinski definition) is 3. The highest BCUT2D eigenvalue weighted by Crippen LogP contribution is 2.20. The van der Waals surface area contributed by atoms with Gasteiger partial charge in [0.2, 0.25) is 17.7 Å². The fourth-order valence-corrected chi connectivity index (χ4v) is 3.28. The van der Waals surface area contributed by atoms with Crippen LogP contribution in [0.2, 0.25) is 0 Å². The molecule has 3 amide bonds. The molecule has 0 aliphatic carbocycles. The Hall–Kier alpha value is -2.16. The lowest BCUT2D eigenvalue weighted by atomic mass is 10.0. The van der Waals surface area contributed by atoms with Crippen LogP contribution in [-0.2, 0) is 19.2 Å². The second-order valence-electron chi connectivity index (χ2n) is 7.34. The van der Waals surface area contributed by atoms with Crippen LogP contribution in [0.5, 0.6) is 0 Å². The van der Waals surface area contributed by atoms with Gasteiger partial charge < -0.3 is 31.2 Å². The number of carbonyl (C=O) groups is 4. The molecule has 1 saturated heterocycles. The van der Waals surface area contributed by atoms with Crippen LogP contribution in [0.25, 0.3) is 0 Å². The van der Waals surface area contributed by atoms with E-state index in [9.17, 15) is 24.3 Å². The Balaban J connectivity index is 2.85. The van der Waals surface area contributed by atoms with Crippen molar-refractivity contribution in [2.24, 2.45) is 5.92 Å². The fourth-order valence-electron chi connectivity index (χ4n) is 3.28. The summed E-state index contributed by atoms with van der Waals surface area (Å²) in [4.78, 5) is 49.7. The van der Waals surface area contributed by atoms with Gasteiger partial charge >= 0.3 is 0 Å². The molecule has 0 bridgehead atoms. The molecule has 1 heterocycles. The van der Waals surface area contributed by atoms with Gasteiger partial charge in [-0.2, -0.15) is 0 Å². The van der Waals surface area contributed by atoms with Gasteiger partial charge in [0, 0.05) is 13.5 Å². The van der Waals surface area contributed by atoms with Crippen molar-refractivity contribution in [1.82, 2.24) is 15.5 Å². The molecule has 9 heteroatoms. The molecular formula is C18H32N4O5. The summed E-state index contributed by atoms with van der Waals surface area (Å²) in [7, 11) is 0. The topological polar surface area (TPSA) is 146 Å². The number of amides is 3. The number of nitrogens with one attached hydrogen (secondary N) is 2. The smallest absolute Gasteiger partial charge is 0.245 e. The van der Waals surface area contributed by atoms with Gasteiger partial charge in [0.15, 0.2) is 0 Å². The first-order valence-corrected chi connectivity index (χ1v) is 9.57. The molecule has 5 N–H and O–H groups in total. The normalized spacial score (nSPS) is 18.9. The van der Waals surface area contributed by atoms with Crippen molar-refractivity contribution in [2.75, 3.05) is 13.1 Å². The average molecular weight is 384 g/mol. The Bertz CT molecular complexity index is 552. The lowest BCUT2D eigenvalue weighted by Crippen LogP contribution is -2.57. The molecule has 0 spiro atoms. The van der Waals surface area contributed by atoms with Crippen LogP contribution in [0.4, 0.5) is 0 Å². The molecule has 0 aromatic carbocycles. The van der Waals surface area contributed by atoms with E-state index in [-0.39, 0.29) is 17.7 Å². The highest BCUT2D eigenvalue weighted by molar-refractivity contribution is 5.93. The molecular weight excluding hydrogens is 352 g/mol. The third-order valence-electron chi connectivity index (χ3n) is 4.73. The van der Waals surface area contributed by atoms with Crippen molar-refractivity contribution >= 4 is 23.7 Å². The SMILES string of the molecule is CC(=O)N[C@@H](CCCC[NH3+])C(=O)N1CCC[C@H]1C(=O)N[C@@H](C(=O)[O-])C(C)C. The zero-order chi connectivity index (χ0) is 20.6. The van der Waals surface area contributed by atoms with E-state index in [4.69, 9.17) is 0 Å². The largest absolute Gasteiger partial charge is 0.548 e. The van der Waals surface area contributed by atoms with Crippen LogP contribution in [0.15, 0.2) is 0 Å². The van der Waals surface area contributed by atoms with Gasteiger partial charge in [0.1, 0.15) is 12.1 Å². The van der Waals surface area contributed by atoms with Gasteiger partial charge in [0.25, 0.3) is 0 Å². The highest BCUT2D eigenvalue weighted by Gasteiger charge is 2.38. The molecule has 0 aromatic heterocycles. The summed E-state index contributed by atoms with van der Waals surface area (Å²) in [5, 5.41) is 16.4. The molecule has 1 aliphatic heterocycles. The predicted octanol–water partition coefficient (Wildman–Crippen LogP) is -2.21. The first-order chi connectivity index (χ1) is 12.7. The molecule has 1 aliphatic rings. The maximum atomic E-state index is 12.9. The summed E-state index contributed by atoms with van der Waals surface area (Å²) < 4.78 is 0. The summed E-state index contributed by atoms with van der Waals surface area (Å²) in [5.74, 6) is -2.79. The summed E-state index contributed by atoms with van der Waals surface area (Å²) in [5.41, 5.74) is 3.77. The molecule has 0 saturated carbocycles. The number of carboxylic acid groups (broad SMARTS) is 1. The van der Waals surface area contributed by atoms with E-state index in [0.717, 1.165) is 19.4 Å². The number of aliphatic carboxylic acids is 1. The molecule has 3 atom stereocenters. The van der Waals surface area contributed by atoms with Crippen LogP contribution < -0.4 is 21.5 Å². The van der Waals surface area contributed by atoms with E-state index in [0.29, 0.717) is 25.8 Å². The van der Waals surface area contributed by atoms with Gasteiger partial charge in [-0.25, -0.2) is 0 Å². The lowest BCUT2D eigenvalue weighted by Gasteiger charge is -2.31. The molecule has 0 unspecified atom stereocenters. The van der Waals surface area contributed by atoms with E-state index in [1.807, 2.05) is 0 Å². The average Bonchev–Trinajstić information content (AvgIpc) is 3.06. The lowest BCUT2D eigenvalue weighted by molar-refractivity contribution is -0.368. The van der Waals surface area contributed by atoms with Gasteiger partial charge in [-0.3, -0.25) is 14.4 Å². The second kappa shape index (κ2) is 10.9. The number of hydrogen-bond acceptors (Lipinski definition) is 5. The van der Waals surface area contributed by atoms with Gasteiger partial charge in [-0.1, -0.05) is 13.8 Å². The Morgan fingerprint density at radius 1 is 1.19 bits per heavy atom. The molecule has 9 nitrogen and oxygen atoms in total. The molecule has 154 valence electrons. The molecule has 27 heavy (non-hydrogen) atoms. The first-order valence-electron chi connectivity index (χ1n) is 9.57. The van der Waals surface area contributed by atoms with Crippen molar-refractivity contribution in [2.45, 2.75) is 71.0 Å². The monoisotopic (exact) mass is 384 g/mol. The maximum absolute atomic E-state index is 12.9. The summed E-state index contributed by atoms with van der Waals surface area (Å²) in [6, 6.07) is -2.54. The number of nitrogens with zero attached hydrogens (tertiary/aromatic N) is 1. The quantitative estimate of drug-likeness (QED) is 0.365. The van der Waals surface area contributed by atoms with Crippen LogP contribution in [-0.4, -0.2) is 59.8 Å². The minimum absolute atomic E-state index is 0.304. The van der Waals surface area contributed by atoms with Gasteiger partial charge in [-0.05, 0) is 38.0 Å². The molecule has 0 aromatic rings. The maximum Gasteiger partial charge on any atom is 0.245 e. The highest BCUT2D eigenvalue weighted by atomic mass is 16.4. The zero-order valence-electron chi connectivity index (χ0n) is 16.5. The summed E-state index contributed by atoms with van der Waals surface area (Å²) in [6.45, 7) is 5.85. The van der Waals surface area contributed by atoms with E-state index >= 15 is 0 Å². The number of carboxylic acids is 1. The molecule has 1 fully saturated rings. The Labute approximate surface area is 160 Å². The van der Waals surface area contributed by atoms with E-state index in [1.54, 1.807) is 13.8 Å². The van der Waals surface area contributed by atoms with Crippen molar-refractivity contribution < 1.29 is 30.0 Å².